The molecule has 1 saturated carbocycles. The van der Waals surface area contributed by atoms with Crippen molar-refractivity contribution in [1.29, 1.82) is 0 Å². The number of sulfonamides is 1. The number of nitrogens with zero attached hydrogens (tertiary/aromatic N) is 3. The summed E-state index contributed by atoms with van der Waals surface area (Å²) in [5, 5.41) is -0.0402. The molecule has 5 aliphatic rings. The van der Waals surface area contributed by atoms with E-state index in [1.807, 2.05) is 30.0 Å². The van der Waals surface area contributed by atoms with Gasteiger partial charge in [-0.25, -0.2) is 13.1 Å². The van der Waals surface area contributed by atoms with E-state index in [4.69, 9.17) is 21.1 Å². The zero-order valence-electron chi connectivity index (χ0n) is 30.7. The van der Waals surface area contributed by atoms with Crippen molar-refractivity contribution in [3.05, 3.63) is 70.3 Å². The van der Waals surface area contributed by atoms with E-state index < -0.39 is 21.2 Å². The van der Waals surface area contributed by atoms with E-state index in [0.29, 0.717) is 49.3 Å². The number of aryl methyl sites for hydroxylation is 1. The van der Waals surface area contributed by atoms with Crippen molar-refractivity contribution in [3.63, 3.8) is 0 Å². The lowest BCUT2D eigenvalue weighted by Crippen LogP contribution is -2.50. The lowest BCUT2D eigenvalue weighted by molar-refractivity contribution is -0.130. The molecule has 282 valence electrons. The first-order chi connectivity index (χ1) is 24.9. The van der Waals surface area contributed by atoms with Gasteiger partial charge in [0.25, 0.3) is 5.91 Å². The standard InChI is InChI=1S/C40H53ClN4O6S/c1-27-6-4-8-37(50-21-20-43-16-18-44(19-17-43)29(3)46)34-12-9-32(34)24-45-25-40(15-5-7-30-22-33(41)11-13-35(30)40)26-51-38-14-10-31(23-36(38)45)39(47)42-52(48,49)28(27)2/h4,8,10-11,13-14,22-23,27-28,32,34,37H,5-7,9,12,15-21,24-26H2,1-3H3,(H,42,47)/b8-4-/t27-,28+,32-,34+,37-,40-/m0/s1. The second-order valence-electron chi connectivity index (χ2n) is 15.8. The summed E-state index contributed by atoms with van der Waals surface area (Å²) in [5.41, 5.74) is 3.38. The van der Waals surface area contributed by atoms with Gasteiger partial charge in [0, 0.05) is 68.7 Å². The van der Waals surface area contributed by atoms with Crippen LogP contribution in [0.2, 0.25) is 5.02 Å². The molecule has 6 atom stereocenters. The number of allylic oxidation sites excluding steroid dienone is 1. The molecular weight excluding hydrogens is 700 g/mol. The van der Waals surface area contributed by atoms with Crippen LogP contribution >= 0.6 is 11.6 Å². The molecule has 3 aliphatic heterocycles. The van der Waals surface area contributed by atoms with E-state index in [9.17, 15) is 18.0 Å². The fourth-order valence-corrected chi connectivity index (χ4v) is 10.4. The second kappa shape index (κ2) is 15.3. The third-order valence-corrected chi connectivity index (χ3v) is 14.7. The molecule has 10 nitrogen and oxygen atoms in total. The number of carbonyl (C=O) groups is 2. The van der Waals surface area contributed by atoms with Crippen LogP contribution in [0, 0.1) is 17.8 Å². The Bertz CT molecular complexity index is 1800. The van der Waals surface area contributed by atoms with Gasteiger partial charge < -0.3 is 19.3 Å². The van der Waals surface area contributed by atoms with Crippen LogP contribution in [0.1, 0.15) is 74.4 Å². The molecule has 2 aromatic rings. The van der Waals surface area contributed by atoms with E-state index in [0.717, 1.165) is 82.1 Å². The van der Waals surface area contributed by atoms with Crippen LogP contribution in [0.4, 0.5) is 5.69 Å². The first kappa shape index (κ1) is 37.2. The highest BCUT2D eigenvalue weighted by Crippen LogP contribution is 2.47. The summed E-state index contributed by atoms with van der Waals surface area (Å²) in [6.45, 7) is 11.7. The van der Waals surface area contributed by atoms with Gasteiger partial charge in [-0.2, -0.15) is 0 Å². The first-order valence-electron chi connectivity index (χ1n) is 19.1. The summed E-state index contributed by atoms with van der Waals surface area (Å²) >= 11 is 6.47. The summed E-state index contributed by atoms with van der Waals surface area (Å²) in [7, 11) is -3.95. The van der Waals surface area contributed by atoms with E-state index in [1.165, 1.54) is 11.1 Å². The number of nitrogens with one attached hydrogen (secondary N) is 1. The molecule has 3 heterocycles. The third kappa shape index (κ3) is 7.74. The fraction of sp³-hybridized carbons (Fsp3) is 0.600. The van der Waals surface area contributed by atoms with Gasteiger partial charge in [-0.05, 0) is 105 Å². The summed E-state index contributed by atoms with van der Waals surface area (Å²) < 4.78 is 42.7. The number of piperazine rings is 1. The fourth-order valence-electron chi connectivity index (χ4n) is 8.92. The van der Waals surface area contributed by atoms with Crippen LogP contribution in [0.15, 0.2) is 48.6 Å². The van der Waals surface area contributed by atoms with Crippen LogP contribution in [0.3, 0.4) is 0 Å². The van der Waals surface area contributed by atoms with E-state index in [2.05, 4.69) is 38.8 Å². The van der Waals surface area contributed by atoms with Crippen molar-refractivity contribution in [2.24, 2.45) is 17.8 Å². The minimum Gasteiger partial charge on any atom is -0.490 e. The Labute approximate surface area is 313 Å². The molecule has 2 aromatic carbocycles. The van der Waals surface area contributed by atoms with E-state index in [-0.39, 0.29) is 23.3 Å². The minimum absolute atomic E-state index is 0.107. The van der Waals surface area contributed by atoms with E-state index >= 15 is 0 Å². The van der Waals surface area contributed by atoms with Gasteiger partial charge in [-0.3, -0.25) is 14.5 Å². The number of anilines is 1. The number of benzene rings is 2. The Hall–Kier alpha value is -3.12. The van der Waals surface area contributed by atoms with Gasteiger partial charge in [-0.1, -0.05) is 36.7 Å². The smallest absolute Gasteiger partial charge is 0.264 e. The number of hydrogen-bond donors (Lipinski definition) is 1. The molecule has 52 heavy (non-hydrogen) atoms. The Kier molecular flexibility index (Phi) is 11.0. The summed E-state index contributed by atoms with van der Waals surface area (Å²) in [6, 6.07) is 11.5. The zero-order chi connectivity index (χ0) is 36.6. The van der Waals surface area contributed by atoms with Crippen LogP contribution in [-0.2, 0) is 31.4 Å². The molecule has 2 amide bonds. The average molecular weight is 753 g/mol. The second-order valence-corrected chi connectivity index (χ2v) is 18.3. The molecule has 0 unspecified atom stereocenters. The van der Waals surface area contributed by atoms with Crippen LogP contribution in [-0.4, -0.2) is 100 Å². The Balaban J connectivity index is 1.19. The van der Waals surface area contributed by atoms with Crippen LogP contribution in [0.5, 0.6) is 5.75 Å². The molecule has 0 radical (unpaired) electrons. The Morgan fingerprint density at radius 3 is 2.65 bits per heavy atom. The van der Waals surface area contributed by atoms with Crippen molar-refractivity contribution in [1.82, 2.24) is 14.5 Å². The van der Waals surface area contributed by atoms with Gasteiger partial charge in [0.15, 0.2) is 0 Å². The maximum Gasteiger partial charge on any atom is 0.264 e. The number of fused-ring (bicyclic) bond motifs is 4. The van der Waals surface area contributed by atoms with Gasteiger partial charge >= 0.3 is 0 Å². The van der Waals surface area contributed by atoms with Crippen molar-refractivity contribution < 1.29 is 27.5 Å². The molecule has 1 spiro atoms. The maximum absolute atomic E-state index is 13.6. The number of amides is 2. The minimum atomic E-state index is -3.95. The number of ether oxygens (including phenoxy) is 2. The highest BCUT2D eigenvalue weighted by molar-refractivity contribution is 7.90. The normalized spacial score (nSPS) is 31.3. The van der Waals surface area contributed by atoms with Crippen molar-refractivity contribution in [2.75, 3.05) is 63.9 Å². The highest BCUT2D eigenvalue weighted by atomic mass is 35.5. The molecule has 12 heteroatoms. The lowest BCUT2D eigenvalue weighted by Gasteiger charge is -2.46. The van der Waals surface area contributed by atoms with E-state index in [1.54, 1.807) is 19.9 Å². The molecule has 1 saturated heterocycles. The third-order valence-electron chi connectivity index (χ3n) is 12.5. The molecule has 2 fully saturated rings. The molecule has 2 aliphatic carbocycles. The highest BCUT2D eigenvalue weighted by Gasteiger charge is 2.44. The predicted octanol–water partition coefficient (Wildman–Crippen LogP) is 5.43. The van der Waals surface area contributed by atoms with Crippen molar-refractivity contribution >= 4 is 39.1 Å². The number of carbonyl (C=O) groups excluding carboxylic acids is 2. The molecular formula is C40H53ClN4O6S. The van der Waals surface area contributed by atoms with Crippen molar-refractivity contribution in [2.45, 2.75) is 76.1 Å². The van der Waals surface area contributed by atoms with Gasteiger partial charge in [0.05, 0.1) is 30.3 Å². The summed E-state index contributed by atoms with van der Waals surface area (Å²) in [5.74, 6) is 0.632. The Morgan fingerprint density at radius 2 is 1.90 bits per heavy atom. The van der Waals surface area contributed by atoms with Crippen LogP contribution in [0.25, 0.3) is 0 Å². The van der Waals surface area contributed by atoms with Gasteiger partial charge in [0.2, 0.25) is 15.9 Å². The molecule has 2 bridgehead atoms. The topological polar surface area (TPSA) is 108 Å². The Morgan fingerprint density at radius 1 is 1.10 bits per heavy atom. The SMILES string of the molecule is CC(=O)N1CCN(CCO[C@H]2/C=C\C[C@H](C)[C@@H](C)S(=O)(=O)NC(=O)c3ccc4c(c3)N(C[C@@H]3CC[C@H]32)C[C@@]2(CCCc3cc(Cl)ccc32)CO4)CC1. The predicted molar refractivity (Wildman–Crippen MR) is 204 cm³/mol. The summed E-state index contributed by atoms with van der Waals surface area (Å²) in [6.07, 6.45) is 9.77. The monoisotopic (exact) mass is 752 g/mol. The van der Waals surface area contributed by atoms with Crippen LogP contribution < -0.4 is 14.4 Å². The average Bonchev–Trinajstić information content (AvgIpc) is 3.25. The van der Waals surface area contributed by atoms with Crippen molar-refractivity contribution in [3.8, 4) is 5.75 Å². The first-order valence-corrected chi connectivity index (χ1v) is 21.0. The largest absolute Gasteiger partial charge is 0.490 e. The molecule has 1 N–H and O–H groups in total. The quantitative estimate of drug-likeness (QED) is 0.412. The molecule has 7 rings (SSSR count). The summed E-state index contributed by atoms with van der Waals surface area (Å²) in [4.78, 5) is 32.0. The number of hydrogen-bond acceptors (Lipinski definition) is 8. The zero-order valence-corrected chi connectivity index (χ0v) is 32.3. The maximum atomic E-state index is 13.6. The number of rotatable bonds is 4. The van der Waals surface area contributed by atoms with Gasteiger partial charge in [0.1, 0.15) is 5.75 Å². The molecule has 0 aromatic heterocycles. The van der Waals surface area contributed by atoms with Gasteiger partial charge in [-0.15, -0.1) is 0 Å². The lowest BCUT2D eigenvalue weighted by atomic mass is 9.68. The number of halogens is 1.